The molecule has 0 unspecified atom stereocenters. The second-order valence-electron chi connectivity index (χ2n) is 7.62. The van der Waals surface area contributed by atoms with E-state index in [4.69, 9.17) is 14.2 Å². The summed E-state index contributed by atoms with van der Waals surface area (Å²) in [5.74, 6) is 0.671. The van der Waals surface area contributed by atoms with Gasteiger partial charge in [0.2, 0.25) is 0 Å². The van der Waals surface area contributed by atoms with E-state index in [2.05, 4.69) is 4.98 Å². The molecule has 4 rings (SSSR count). The van der Waals surface area contributed by atoms with E-state index in [1.54, 1.807) is 24.4 Å². The highest BCUT2D eigenvalue weighted by molar-refractivity contribution is 5.94. The number of aromatic nitrogens is 1. The van der Waals surface area contributed by atoms with Crippen LogP contribution in [0.3, 0.4) is 0 Å². The van der Waals surface area contributed by atoms with Crippen molar-refractivity contribution in [1.82, 2.24) is 9.88 Å². The summed E-state index contributed by atoms with van der Waals surface area (Å²) >= 11 is 0. The zero-order chi connectivity index (χ0) is 22.3. The first-order valence-electron chi connectivity index (χ1n) is 10.5. The van der Waals surface area contributed by atoms with Crippen molar-refractivity contribution in [2.24, 2.45) is 0 Å². The topological polar surface area (TPSA) is 60.9 Å². The van der Waals surface area contributed by atoms with Gasteiger partial charge in [-0.05, 0) is 53.6 Å². The molecule has 0 spiro atoms. The van der Waals surface area contributed by atoms with E-state index in [0.717, 1.165) is 17.5 Å². The first-order valence-corrected chi connectivity index (χ1v) is 10.5. The van der Waals surface area contributed by atoms with E-state index in [0.29, 0.717) is 43.4 Å². The number of carbonyl (C=O) groups excluding carboxylic acids is 1. The number of nitrogens with zero attached hydrogens (tertiary/aromatic N) is 2. The van der Waals surface area contributed by atoms with E-state index < -0.39 is 0 Å². The van der Waals surface area contributed by atoms with Crippen molar-refractivity contribution in [3.8, 4) is 11.5 Å². The molecule has 0 bridgehead atoms. The van der Waals surface area contributed by atoms with Gasteiger partial charge in [-0.2, -0.15) is 0 Å². The van der Waals surface area contributed by atoms with Gasteiger partial charge in [-0.15, -0.1) is 0 Å². The highest BCUT2D eigenvalue weighted by Crippen LogP contribution is 2.31. The highest BCUT2D eigenvalue weighted by atomic mass is 19.1. The molecule has 0 radical (unpaired) electrons. The fourth-order valence-electron chi connectivity index (χ4n) is 3.60. The van der Waals surface area contributed by atoms with Gasteiger partial charge in [-0.25, -0.2) is 4.39 Å². The summed E-state index contributed by atoms with van der Waals surface area (Å²) in [5, 5.41) is 0. The number of rotatable bonds is 8. The Labute approximate surface area is 186 Å². The van der Waals surface area contributed by atoms with Crippen LogP contribution >= 0.6 is 0 Å². The van der Waals surface area contributed by atoms with Gasteiger partial charge in [0.25, 0.3) is 5.91 Å². The largest absolute Gasteiger partial charge is 0.493 e. The Bertz CT molecular complexity index is 1040. The number of halogens is 1. The van der Waals surface area contributed by atoms with Crippen LogP contribution in [0.25, 0.3) is 0 Å². The lowest BCUT2D eigenvalue weighted by molar-refractivity contribution is 0.0729. The van der Waals surface area contributed by atoms with Gasteiger partial charge >= 0.3 is 0 Å². The predicted octanol–water partition coefficient (Wildman–Crippen LogP) is 4.24. The smallest absolute Gasteiger partial charge is 0.254 e. The molecule has 0 saturated carbocycles. The fourth-order valence-corrected chi connectivity index (χ4v) is 3.60. The molecule has 166 valence electrons. The molecule has 2 heterocycles. The summed E-state index contributed by atoms with van der Waals surface area (Å²) in [5.41, 5.74) is 2.20. The zero-order valence-electron chi connectivity index (χ0n) is 17.9. The van der Waals surface area contributed by atoms with Crippen molar-refractivity contribution in [1.29, 1.82) is 0 Å². The molecule has 6 nitrogen and oxygen atoms in total. The van der Waals surface area contributed by atoms with Crippen molar-refractivity contribution < 1.29 is 23.4 Å². The molecule has 0 aliphatic carbocycles. The maximum absolute atomic E-state index is 13.3. The molecule has 1 aliphatic rings. The first-order chi connectivity index (χ1) is 15.6. The highest BCUT2D eigenvalue weighted by Gasteiger charge is 2.21. The Morgan fingerprint density at radius 2 is 1.94 bits per heavy atom. The maximum atomic E-state index is 13.3. The lowest BCUT2D eigenvalue weighted by Gasteiger charge is -2.24. The monoisotopic (exact) mass is 436 g/mol. The number of pyridine rings is 1. The number of benzene rings is 2. The van der Waals surface area contributed by atoms with Gasteiger partial charge in [0.1, 0.15) is 11.9 Å². The van der Waals surface area contributed by atoms with Gasteiger partial charge in [0, 0.05) is 37.5 Å². The average molecular weight is 436 g/mol. The van der Waals surface area contributed by atoms with Crippen LogP contribution in [0.4, 0.5) is 4.39 Å². The molecule has 1 amide bonds. The van der Waals surface area contributed by atoms with Crippen LogP contribution in [0.15, 0.2) is 67.0 Å². The third kappa shape index (κ3) is 5.42. The van der Waals surface area contributed by atoms with Gasteiger partial charge in [-0.3, -0.25) is 9.78 Å². The molecule has 1 aromatic heterocycles. The minimum atomic E-state index is -0.381. The van der Waals surface area contributed by atoms with Crippen molar-refractivity contribution >= 4 is 5.91 Å². The van der Waals surface area contributed by atoms with Crippen LogP contribution < -0.4 is 9.47 Å². The second kappa shape index (κ2) is 10.2. The van der Waals surface area contributed by atoms with Crippen molar-refractivity contribution in [3.63, 3.8) is 0 Å². The number of ether oxygens (including phenoxy) is 3. The lowest BCUT2D eigenvalue weighted by atomic mass is 10.1. The van der Waals surface area contributed by atoms with Crippen LogP contribution in [-0.4, -0.2) is 42.2 Å². The van der Waals surface area contributed by atoms with Crippen LogP contribution in [0.5, 0.6) is 11.5 Å². The molecule has 1 aliphatic heterocycles. The number of methoxy groups -OCH3 is 1. The summed E-state index contributed by atoms with van der Waals surface area (Å²) in [7, 11) is 1.59. The van der Waals surface area contributed by atoms with Gasteiger partial charge < -0.3 is 19.1 Å². The molecular formula is C25H25FN2O4. The summed E-state index contributed by atoms with van der Waals surface area (Å²) in [6.45, 7) is 1.97. The molecule has 1 atom stereocenters. The third-order valence-corrected chi connectivity index (χ3v) is 5.26. The van der Waals surface area contributed by atoms with Gasteiger partial charge in [-0.1, -0.05) is 12.1 Å². The quantitative estimate of drug-likeness (QED) is 0.529. The molecular weight excluding hydrogens is 411 g/mol. The van der Waals surface area contributed by atoms with Crippen LogP contribution in [-0.2, 0) is 17.8 Å². The summed E-state index contributed by atoms with van der Waals surface area (Å²) in [6, 6.07) is 15.0. The Hall–Kier alpha value is -3.45. The second-order valence-corrected chi connectivity index (χ2v) is 7.62. The summed E-state index contributed by atoms with van der Waals surface area (Å²) in [6.07, 6.45) is 4.27. The molecule has 1 fully saturated rings. The predicted molar refractivity (Wildman–Crippen MR) is 117 cm³/mol. The normalized spacial score (nSPS) is 15.4. The molecule has 0 N–H and O–H groups in total. The SMILES string of the molecule is COc1cc(CN(Cc2cccnc2)C(=O)c2ccc(F)cc2)ccc1O[C@H]1CCOC1. The minimum absolute atomic E-state index is 0.0110. The molecule has 32 heavy (non-hydrogen) atoms. The van der Waals surface area contributed by atoms with E-state index in [1.165, 1.54) is 24.3 Å². The molecule has 7 heteroatoms. The molecule has 2 aromatic carbocycles. The Balaban J connectivity index is 1.56. The number of carbonyl (C=O) groups is 1. The first kappa shape index (κ1) is 21.8. The van der Waals surface area contributed by atoms with Crippen molar-refractivity contribution in [3.05, 3.63) is 89.5 Å². The van der Waals surface area contributed by atoms with Crippen molar-refractivity contribution in [2.45, 2.75) is 25.6 Å². The van der Waals surface area contributed by atoms with E-state index >= 15 is 0 Å². The maximum Gasteiger partial charge on any atom is 0.254 e. The van der Waals surface area contributed by atoms with E-state index in [-0.39, 0.29) is 17.8 Å². The molecule has 1 saturated heterocycles. The Morgan fingerprint density at radius 1 is 1.12 bits per heavy atom. The number of hydrogen-bond donors (Lipinski definition) is 0. The van der Waals surface area contributed by atoms with Crippen LogP contribution in [0.2, 0.25) is 0 Å². The van der Waals surface area contributed by atoms with Gasteiger partial charge in [0.15, 0.2) is 11.5 Å². The van der Waals surface area contributed by atoms with E-state index in [9.17, 15) is 9.18 Å². The summed E-state index contributed by atoms with van der Waals surface area (Å²) in [4.78, 5) is 19.1. The Kier molecular flexibility index (Phi) is 6.97. The standard InChI is InChI=1S/C25H25FN2O4/c1-30-24-13-18(4-9-23(24)32-22-10-12-31-17-22)15-28(16-19-3-2-11-27-14-19)25(29)20-5-7-21(26)8-6-20/h2-9,11,13-14,22H,10,12,15-17H2,1H3/t22-/m0/s1. The minimum Gasteiger partial charge on any atom is -0.493 e. The number of hydrogen-bond acceptors (Lipinski definition) is 5. The Morgan fingerprint density at radius 3 is 2.62 bits per heavy atom. The van der Waals surface area contributed by atoms with Crippen molar-refractivity contribution in [2.75, 3.05) is 20.3 Å². The lowest BCUT2D eigenvalue weighted by Crippen LogP contribution is -2.30. The van der Waals surface area contributed by atoms with Crippen LogP contribution in [0.1, 0.15) is 27.9 Å². The zero-order valence-corrected chi connectivity index (χ0v) is 17.9. The number of amides is 1. The molecule has 3 aromatic rings. The van der Waals surface area contributed by atoms with Gasteiger partial charge in [0.05, 0.1) is 20.3 Å². The summed E-state index contributed by atoms with van der Waals surface area (Å²) < 4.78 is 30.3. The average Bonchev–Trinajstić information content (AvgIpc) is 3.33. The van der Waals surface area contributed by atoms with Crippen LogP contribution in [0, 0.1) is 5.82 Å². The fraction of sp³-hybridized carbons (Fsp3) is 0.280. The van der Waals surface area contributed by atoms with E-state index in [1.807, 2.05) is 30.3 Å². The third-order valence-electron chi connectivity index (χ3n) is 5.26.